The van der Waals surface area contributed by atoms with Gasteiger partial charge in [-0.1, -0.05) is 11.6 Å². The summed E-state index contributed by atoms with van der Waals surface area (Å²) in [6.07, 6.45) is 2.58. The number of aryl methyl sites for hydroxylation is 1. The summed E-state index contributed by atoms with van der Waals surface area (Å²) in [5.74, 6) is -1.05. The number of nitro groups is 1. The van der Waals surface area contributed by atoms with Crippen molar-refractivity contribution in [2.24, 2.45) is 0 Å². The van der Waals surface area contributed by atoms with Crippen LogP contribution in [0.25, 0.3) is 0 Å². The fraction of sp³-hybridized carbons (Fsp3) is 0.250. The van der Waals surface area contributed by atoms with E-state index >= 15 is 0 Å². The van der Waals surface area contributed by atoms with Crippen LogP contribution in [0.5, 0.6) is 0 Å². The van der Waals surface area contributed by atoms with Gasteiger partial charge in [0.25, 0.3) is 11.6 Å². The van der Waals surface area contributed by atoms with Crippen LogP contribution in [-0.4, -0.2) is 23.9 Å². The van der Waals surface area contributed by atoms with E-state index in [0.29, 0.717) is 10.6 Å². The number of nitro benzene ring substituents is 1. The molecule has 0 saturated heterocycles. The van der Waals surface area contributed by atoms with Crippen LogP contribution in [0.3, 0.4) is 0 Å². The molecule has 0 unspecified atom stereocenters. The van der Waals surface area contributed by atoms with Crippen molar-refractivity contribution in [3.05, 3.63) is 54.9 Å². The van der Waals surface area contributed by atoms with Crippen molar-refractivity contribution >= 4 is 45.5 Å². The topological polar surface area (TPSA) is 98.5 Å². The number of fused-ring (bicyclic) bond motifs is 1. The van der Waals surface area contributed by atoms with Crippen molar-refractivity contribution < 1.29 is 19.2 Å². The second-order valence-corrected chi connectivity index (χ2v) is 6.94. The summed E-state index contributed by atoms with van der Waals surface area (Å²) < 4.78 is 4.82. The van der Waals surface area contributed by atoms with E-state index in [1.165, 1.54) is 30.6 Å². The molecular formula is C16H13ClN2O5S. The monoisotopic (exact) mass is 380 g/mol. The first-order chi connectivity index (χ1) is 11.9. The third-order valence-electron chi connectivity index (χ3n) is 3.94. The number of carbonyl (C=O) groups excluding carboxylic acids is 2. The highest BCUT2D eigenvalue weighted by molar-refractivity contribution is 7.17. The lowest BCUT2D eigenvalue weighted by molar-refractivity contribution is -0.384. The number of methoxy groups -OCH3 is 1. The summed E-state index contributed by atoms with van der Waals surface area (Å²) >= 11 is 7.10. The van der Waals surface area contributed by atoms with Crippen LogP contribution < -0.4 is 5.32 Å². The van der Waals surface area contributed by atoms with Crippen molar-refractivity contribution in [1.29, 1.82) is 0 Å². The molecule has 2 aromatic rings. The van der Waals surface area contributed by atoms with Crippen LogP contribution in [0.15, 0.2) is 18.2 Å². The molecule has 0 spiro atoms. The summed E-state index contributed by atoms with van der Waals surface area (Å²) in [6, 6.07) is 3.80. The molecule has 1 N–H and O–H groups in total. The van der Waals surface area contributed by atoms with Gasteiger partial charge >= 0.3 is 5.97 Å². The second kappa shape index (κ2) is 6.81. The second-order valence-electron chi connectivity index (χ2n) is 5.43. The van der Waals surface area contributed by atoms with E-state index in [0.717, 1.165) is 35.8 Å². The molecule has 1 amide bonds. The highest BCUT2D eigenvalue weighted by atomic mass is 35.5. The molecule has 1 aliphatic carbocycles. The van der Waals surface area contributed by atoms with Gasteiger partial charge in [-0.05, 0) is 37.0 Å². The van der Waals surface area contributed by atoms with Gasteiger partial charge in [-0.15, -0.1) is 11.3 Å². The summed E-state index contributed by atoms with van der Waals surface area (Å²) in [6.45, 7) is 0. The number of nitrogens with one attached hydrogen (secondary N) is 1. The Morgan fingerprint density at radius 3 is 2.80 bits per heavy atom. The molecule has 1 aliphatic rings. The molecule has 0 saturated carbocycles. The van der Waals surface area contributed by atoms with Crippen molar-refractivity contribution in [2.45, 2.75) is 19.3 Å². The molecule has 1 aromatic heterocycles. The Kier molecular flexibility index (Phi) is 4.73. The van der Waals surface area contributed by atoms with Crippen LogP contribution in [0.4, 0.5) is 10.7 Å². The zero-order chi connectivity index (χ0) is 18.1. The van der Waals surface area contributed by atoms with Crippen LogP contribution in [0.2, 0.25) is 5.02 Å². The van der Waals surface area contributed by atoms with Gasteiger partial charge in [-0.3, -0.25) is 14.9 Å². The Labute approximate surface area is 151 Å². The number of amides is 1. The predicted octanol–water partition coefficient (Wildman–Crippen LogP) is 3.84. The summed E-state index contributed by atoms with van der Waals surface area (Å²) in [5, 5.41) is 14.0. The van der Waals surface area contributed by atoms with E-state index in [1.54, 1.807) is 0 Å². The zero-order valence-corrected chi connectivity index (χ0v) is 14.7. The number of nitrogens with zero attached hydrogens (tertiary/aromatic N) is 1. The molecule has 0 radical (unpaired) electrons. The summed E-state index contributed by atoms with van der Waals surface area (Å²) in [5.41, 5.74) is 1.02. The minimum absolute atomic E-state index is 0.0492. The van der Waals surface area contributed by atoms with Gasteiger partial charge in [0, 0.05) is 16.5 Å². The van der Waals surface area contributed by atoms with Gasteiger partial charge in [0.15, 0.2) is 0 Å². The standard InChI is InChI=1S/C16H13ClN2O5S/c1-24-16(21)13-9-3-2-4-12(9)25-15(13)18-14(20)8-5-6-10(17)11(7-8)19(22)23/h5-7H,2-4H2,1H3,(H,18,20). The Hall–Kier alpha value is -2.45. The Bertz CT molecular complexity index is 893. The molecule has 25 heavy (non-hydrogen) atoms. The molecule has 0 atom stereocenters. The number of benzene rings is 1. The maximum atomic E-state index is 12.5. The number of thiophene rings is 1. The van der Waals surface area contributed by atoms with Crippen LogP contribution in [-0.2, 0) is 17.6 Å². The van der Waals surface area contributed by atoms with Gasteiger partial charge in [0.2, 0.25) is 0 Å². The molecule has 7 nitrogen and oxygen atoms in total. The van der Waals surface area contributed by atoms with E-state index in [4.69, 9.17) is 16.3 Å². The molecular weight excluding hydrogens is 368 g/mol. The molecule has 9 heteroatoms. The smallest absolute Gasteiger partial charge is 0.341 e. The van der Waals surface area contributed by atoms with Crippen LogP contribution in [0, 0.1) is 10.1 Å². The average molecular weight is 381 g/mol. The molecule has 1 heterocycles. The van der Waals surface area contributed by atoms with E-state index in [-0.39, 0.29) is 16.3 Å². The first kappa shape index (κ1) is 17.4. The van der Waals surface area contributed by atoms with E-state index in [2.05, 4.69) is 5.32 Å². The average Bonchev–Trinajstić information content (AvgIpc) is 3.14. The van der Waals surface area contributed by atoms with Crippen LogP contribution >= 0.6 is 22.9 Å². The van der Waals surface area contributed by atoms with Gasteiger partial charge in [0.1, 0.15) is 10.0 Å². The minimum atomic E-state index is -0.654. The number of rotatable bonds is 4. The Morgan fingerprint density at radius 1 is 1.36 bits per heavy atom. The molecule has 130 valence electrons. The zero-order valence-electron chi connectivity index (χ0n) is 13.1. The lowest BCUT2D eigenvalue weighted by atomic mass is 10.1. The molecule has 0 aliphatic heterocycles. The molecule has 0 bridgehead atoms. The Morgan fingerprint density at radius 2 is 2.12 bits per heavy atom. The lowest BCUT2D eigenvalue weighted by Gasteiger charge is -2.07. The highest BCUT2D eigenvalue weighted by Crippen LogP contribution is 2.39. The van der Waals surface area contributed by atoms with Gasteiger partial charge in [-0.25, -0.2) is 4.79 Å². The predicted molar refractivity (Wildman–Crippen MR) is 93.7 cm³/mol. The van der Waals surface area contributed by atoms with Crippen molar-refractivity contribution in [3.63, 3.8) is 0 Å². The summed E-state index contributed by atoms with van der Waals surface area (Å²) in [7, 11) is 1.29. The number of hydrogen-bond donors (Lipinski definition) is 1. The van der Waals surface area contributed by atoms with E-state index in [9.17, 15) is 19.7 Å². The third kappa shape index (κ3) is 3.22. The van der Waals surface area contributed by atoms with Gasteiger partial charge < -0.3 is 10.1 Å². The maximum absolute atomic E-state index is 12.5. The first-order valence-corrected chi connectivity index (χ1v) is 8.60. The minimum Gasteiger partial charge on any atom is -0.465 e. The number of ether oxygens (including phenoxy) is 1. The summed E-state index contributed by atoms with van der Waals surface area (Å²) in [4.78, 5) is 35.9. The van der Waals surface area contributed by atoms with Crippen molar-refractivity contribution in [1.82, 2.24) is 0 Å². The first-order valence-electron chi connectivity index (χ1n) is 7.40. The van der Waals surface area contributed by atoms with Crippen molar-refractivity contribution in [3.8, 4) is 0 Å². The van der Waals surface area contributed by atoms with E-state index < -0.39 is 16.8 Å². The largest absolute Gasteiger partial charge is 0.465 e. The molecule has 3 rings (SSSR count). The number of esters is 1. The lowest BCUT2D eigenvalue weighted by Crippen LogP contribution is -2.14. The molecule has 0 fully saturated rings. The quantitative estimate of drug-likeness (QED) is 0.493. The highest BCUT2D eigenvalue weighted by Gasteiger charge is 2.28. The normalized spacial score (nSPS) is 12.6. The maximum Gasteiger partial charge on any atom is 0.341 e. The fourth-order valence-corrected chi connectivity index (χ4v) is 4.24. The number of hydrogen-bond acceptors (Lipinski definition) is 6. The number of anilines is 1. The van der Waals surface area contributed by atoms with Gasteiger partial charge in [0.05, 0.1) is 17.6 Å². The molecule has 1 aromatic carbocycles. The van der Waals surface area contributed by atoms with Crippen molar-refractivity contribution in [2.75, 3.05) is 12.4 Å². The van der Waals surface area contributed by atoms with E-state index in [1.807, 2.05) is 0 Å². The SMILES string of the molecule is COC(=O)c1c(NC(=O)c2ccc(Cl)c([N+](=O)[O-])c2)sc2c1CCC2. The number of halogens is 1. The Balaban J connectivity index is 1.93. The van der Waals surface area contributed by atoms with Crippen LogP contribution in [0.1, 0.15) is 37.6 Å². The third-order valence-corrected chi connectivity index (χ3v) is 5.47. The van der Waals surface area contributed by atoms with Gasteiger partial charge in [-0.2, -0.15) is 0 Å². The number of carbonyl (C=O) groups is 2. The fourth-order valence-electron chi connectivity index (χ4n) is 2.78.